The highest BCUT2D eigenvalue weighted by Gasteiger charge is 2.30. The maximum absolute atomic E-state index is 13.0. The molecule has 8 heteroatoms. The normalized spacial score (nSPS) is 16.7. The van der Waals surface area contributed by atoms with Crippen molar-refractivity contribution in [3.63, 3.8) is 0 Å². The molecule has 0 radical (unpaired) electrons. The van der Waals surface area contributed by atoms with Crippen LogP contribution in [0.2, 0.25) is 0 Å². The summed E-state index contributed by atoms with van der Waals surface area (Å²) in [5, 5.41) is 0.964. The number of carbonyl (C=O) groups is 2. The molecule has 39 heavy (non-hydrogen) atoms. The highest BCUT2D eigenvalue weighted by atomic mass is 16.6. The lowest BCUT2D eigenvalue weighted by Gasteiger charge is -2.41. The van der Waals surface area contributed by atoms with E-state index < -0.39 is 11.7 Å². The van der Waals surface area contributed by atoms with Gasteiger partial charge in [0.15, 0.2) is 0 Å². The van der Waals surface area contributed by atoms with Crippen LogP contribution in [0.25, 0.3) is 10.9 Å². The molecule has 1 fully saturated rings. The fourth-order valence-corrected chi connectivity index (χ4v) is 5.26. The standard InChI is InChI=1S/C31H39N3O5/c1-8-14-32-16-17-33(26(20-32)22-9-11-23(12-10-22)29(35)38-7)19-25-24-13-15-34(30(36)39-31(3,4)5)28(24)21(2)18-27(25)37-6/h8-13,15,18,26H,1,14,16-17,19-20H2,2-7H3. The number of esters is 1. The van der Waals surface area contributed by atoms with Crippen LogP contribution in [0.5, 0.6) is 5.75 Å². The van der Waals surface area contributed by atoms with Crippen molar-refractivity contribution in [1.29, 1.82) is 0 Å². The van der Waals surface area contributed by atoms with Gasteiger partial charge in [-0.25, -0.2) is 9.59 Å². The smallest absolute Gasteiger partial charge is 0.419 e. The first-order chi connectivity index (χ1) is 18.6. The molecule has 1 aliphatic rings. The van der Waals surface area contributed by atoms with E-state index in [-0.39, 0.29) is 12.0 Å². The zero-order valence-electron chi connectivity index (χ0n) is 23.8. The Morgan fingerprint density at radius 3 is 2.44 bits per heavy atom. The molecule has 0 N–H and O–H groups in total. The van der Waals surface area contributed by atoms with E-state index in [2.05, 4.69) is 16.4 Å². The zero-order chi connectivity index (χ0) is 28.3. The van der Waals surface area contributed by atoms with E-state index in [1.807, 2.05) is 70.2 Å². The van der Waals surface area contributed by atoms with Crippen LogP contribution in [-0.2, 0) is 16.0 Å². The van der Waals surface area contributed by atoms with Crippen molar-refractivity contribution in [2.45, 2.75) is 45.9 Å². The summed E-state index contributed by atoms with van der Waals surface area (Å²) >= 11 is 0. The summed E-state index contributed by atoms with van der Waals surface area (Å²) in [5.41, 5.74) is 3.82. The van der Waals surface area contributed by atoms with Crippen molar-refractivity contribution < 1.29 is 23.8 Å². The monoisotopic (exact) mass is 533 g/mol. The molecule has 3 aromatic rings. The quantitative estimate of drug-likeness (QED) is 0.290. The Labute approximate surface area is 230 Å². The first kappa shape index (κ1) is 28.4. The van der Waals surface area contributed by atoms with Crippen LogP contribution < -0.4 is 4.74 Å². The molecule has 1 aliphatic heterocycles. The highest BCUT2D eigenvalue weighted by molar-refractivity contribution is 5.95. The number of benzene rings is 2. The van der Waals surface area contributed by atoms with Crippen LogP contribution >= 0.6 is 0 Å². The lowest BCUT2D eigenvalue weighted by atomic mass is 9.98. The van der Waals surface area contributed by atoms with Gasteiger partial charge in [0.25, 0.3) is 0 Å². The maximum atomic E-state index is 13.0. The van der Waals surface area contributed by atoms with Crippen LogP contribution in [0.4, 0.5) is 4.79 Å². The Bertz CT molecular complexity index is 1350. The number of ether oxygens (including phenoxy) is 3. The Kier molecular flexibility index (Phi) is 8.47. The lowest BCUT2D eigenvalue weighted by molar-refractivity contribution is 0.0542. The van der Waals surface area contributed by atoms with E-state index in [1.165, 1.54) is 7.11 Å². The van der Waals surface area contributed by atoms with Crippen LogP contribution in [0, 0.1) is 6.92 Å². The molecule has 4 rings (SSSR count). The highest BCUT2D eigenvalue weighted by Crippen LogP contribution is 2.36. The fraction of sp³-hybridized carbons (Fsp3) is 0.419. The number of hydrogen-bond acceptors (Lipinski definition) is 7. The summed E-state index contributed by atoms with van der Waals surface area (Å²) in [4.78, 5) is 29.8. The predicted molar refractivity (Wildman–Crippen MR) is 152 cm³/mol. The van der Waals surface area contributed by atoms with Gasteiger partial charge >= 0.3 is 12.1 Å². The topological polar surface area (TPSA) is 73.2 Å². The van der Waals surface area contributed by atoms with Gasteiger partial charge < -0.3 is 14.2 Å². The van der Waals surface area contributed by atoms with Gasteiger partial charge in [-0.15, -0.1) is 6.58 Å². The number of aryl methyl sites for hydroxylation is 1. The van der Waals surface area contributed by atoms with Gasteiger partial charge in [-0.2, -0.15) is 0 Å². The van der Waals surface area contributed by atoms with Crippen molar-refractivity contribution in [3.8, 4) is 5.75 Å². The van der Waals surface area contributed by atoms with E-state index in [4.69, 9.17) is 14.2 Å². The van der Waals surface area contributed by atoms with Gasteiger partial charge in [0.05, 0.1) is 25.3 Å². The average Bonchev–Trinajstić information content (AvgIpc) is 3.36. The molecule has 0 saturated carbocycles. The predicted octanol–water partition coefficient (Wildman–Crippen LogP) is 5.57. The molecular weight excluding hydrogens is 494 g/mol. The molecule has 0 amide bonds. The van der Waals surface area contributed by atoms with E-state index in [9.17, 15) is 9.59 Å². The number of fused-ring (bicyclic) bond motifs is 1. The van der Waals surface area contributed by atoms with Gasteiger partial charge in [0, 0.05) is 55.9 Å². The summed E-state index contributed by atoms with van der Waals surface area (Å²) in [6, 6.07) is 11.7. The Hall–Kier alpha value is -3.62. The van der Waals surface area contributed by atoms with Crippen molar-refractivity contribution >= 4 is 23.0 Å². The van der Waals surface area contributed by atoms with E-state index in [1.54, 1.807) is 17.9 Å². The Balaban J connectivity index is 1.73. The first-order valence-corrected chi connectivity index (χ1v) is 13.2. The number of nitrogens with zero attached hydrogens (tertiary/aromatic N) is 3. The molecule has 1 atom stereocenters. The van der Waals surface area contributed by atoms with Crippen molar-refractivity contribution in [3.05, 3.63) is 77.5 Å². The van der Waals surface area contributed by atoms with E-state index >= 15 is 0 Å². The van der Waals surface area contributed by atoms with Gasteiger partial charge in [-0.3, -0.25) is 14.4 Å². The average molecular weight is 534 g/mol. The molecule has 0 aliphatic carbocycles. The largest absolute Gasteiger partial charge is 0.496 e. The third-order valence-corrected chi connectivity index (χ3v) is 7.08. The molecule has 8 nitrogen and oxygen atoms in total. The van der Waals surface area contributed by atoms with Crippen molar-refractivity contribution in [1.82, 2.24) is 14.4 Å². The first-order valence-electron chi connectivity index (χ1n) is 13.2. The number of hydrogen-bond donors (Lipinski definition) is 0. The van der Waals surface area contributed by atoms with Crippen molar-refractivity contribution in [2.24, 2.45) is 0 Å². The molecule has 208 valence electrons. The summed E-state index contributed by atoms with van der Waals surface area (Å²) in [5.74, 6) is 0.437. The van der Waals surface area contributed by atoms with Crippen LogP contribution in [-0.4, -0.2) is 72.4 Å². The fourth-order valence-electron chi connectivity index (χ4n) is 5.26. The summed E-state index contributed by atoms with van der Waals surface area (Å²) in [7, 11) is 3.07. The molecule has 1 saturated heterocycles. The minimum absolute atomic E-state index is 0.0828. The van der Waals surface area contributed by atoms with Gasteiger partial charge in [-0.1, -0.05) is 18.2 Å². The Morgan fingerprint density at radius 2 is 1.82 bits per heavy atom. The lowest BCUT2D eigenvalue weighted by Crippen LogP contribution is -2.48. The molecule has 1 unspecified atom stereocenters. The summed E-state index contributed by atoms with van der Waals surface area (Å²) < 4.78 is 18.0. The van der Waals surface area contributed by atoms with Crippen LogP contribution in [0.15, 0.2) is 55.3 Å². The number of aromatic nitrogens is 1. The molecule has 0 spiro atoms. The van der Waals surface area contributed by atoms with E-state index in [0.717, 1.165) is 59.5 Å². The third-order valence-electron chi connectivity index (χ3n) is 7.08. The number of methoxy groups -OCH3 is 2. The van der Waals surface area contributed by atoms with Crippen molar-refractivity contribution in [2.75, 3.05) is 40.4 Å². The van der Waals surface area contributed by atoms with Gasteiger partial charge in [-0.05, 0) is 63.1 Å². The zero-order valence-corrected chi connectivity index (χ0v) is 23.8. The minimum atomic E-state index is -0.599. The molecule has 2 heterocycles. The molecule has 1 aromatic heterocycles. The van der Waals surface area contributed by atoms with Gasteiger partial charge in [0.2, 0.25) is 0 Å². The van der Waals surface area contributed by atoms with Gasteiger partial charge in [0.1, 0.15) is 11.4 Å². The number of piperazine rings is 1. The van der Waals surface area contributed by atoms with Crippen LogP contribution in [0.3, 0.4) is 0 Å². The number of rotatable bonds is 7. The molecule has 0 bridgehead atoms. The second-order valence-electron chi connectivity index (χ2n) is 11.0. The van der Waals surface area contributed by atoms with Crippen LogP contribution in [0.1, 0.15) is 53.9 Å². The summed E-state index contributed by atoms with van der Waals surface area (Å²) in [6.07, 6.45) is 3.30. The van der Waals surface area contributed by atoms with E-state index in [0.29, 0.717) is 12.1 Å². The number of carbonyl (C=O) groups excluding carboxylic acids is 2. The second kappa shape index (κ2) is 11.6. The Morgan fingerprint density at radius 1 is 1.10 bits per heavy atom. The third kappa shape index (κ3) is 6.18. The molecular formula is C31H39N3O5. The second-order valence-corrected chi connectivity index (χ2v) is 11.0. The SMILES string of the molecule is C=CCN1CCN(Cc2c(OC)cc(C)c3c2ccn3C(=O)OC(C)(C)C)C(c2ccc(C(=O)OC)cc2)C1. The molecule has 2 aromatic carbocycles. The maximum Gasteiger partial charge on any atom is 0.419 e. The summed E-state index contributed by atoms with van der Waals surface area (Å²) in [6.45, 7) is 15.5. The minimum Gasteiger partial charge on any atom is -0.496 e.